The molecule has 0 bridgehead atoms. The lowest BCUT2D eigenvalue weighted by molar-refractivity contribution is 1.07. The average molecular weight is 680 g/mol. The molecule has 2 heterocycles. The van der Waals surface area contributed by atoms with E-state index < -0.39 is 0 Å². The van der Waals surface area contributed by atoms with Gasteiger partial charge in [0.15, 0.2) is 17.5 Å². The van der Waals surface area contributed by atoms with Gasteiger partial charge in [0.2, 0.25) is 0 Å². The van der Waals surface area contributed by atoms with Crippen LogP contribution in [0.25, 0.3) is 83.9 Å². The van der Waals surface area contributed by atoms with Crippen LogP contribution in [0.4, 0.5) is 0 Å². The molecule has 0 unspecified atom stereocenters. The monoisotopic (exact) mass is 679 g/mol. The van der Waals surface area contributed by atoms with Gasteiger partial charge in [0.1, 0.15) is 6.07 Å². The van der Waals surface area contributed by atoms with Crippen molar-refractivity contribution in [2.75, 3.05) is 0 Å². The van der Waals surface area contributed by atoms with Gasteiger partial charge in [-0.2, -0.15) is 5.26 Å². The van der Waals surface area contributed by atoms with Crippen molar-refractivity contribution in [2.45, 2.75) is 13.8 Å². The highest BCUT2D eigenvalue weighted by atomic mass is 15.0. The van der Waals surface area contributed by atoms with Crippen molar-refractivity contribution in [3.63, 3.8) is 0 Å². The second kappa shape index (κ2) is 13.2. The van der Waals surface area contributed by atoms with Gasteiger partial charge >= 0.3 is 0 Å². The normalized spacial score (nSPS) is 11.2. The van der Waals surface area contributed by atoms with Gasteiger partial charge < -0.3 is 4.57 Å². The highest BCUT2D eigenvalue weighted by Crippen LogP contribution is 2.39. The zero-order valence-corrected chi connectivity index (χ0v) is 29.3. The van der Waals surface area contributed by atoms with Crippen LogP contribution in [0.5, 0.6) is 0 Å². The third-order valence-corrected chi connectivity index (χ3v) is 9.85. The third kappa shape index (κ3) is 5.93. The van der Waals surface area contributed by atoms with Crippen molar-refractivity contribution < 1.29 is 0 Å². The molecule has 0 amide bonds. The lowest BCUT2D eigenvalue weighted by Gasteiger charge is -2.13. The Hall–Kier alpha value is -7.16. The predicted octanol–water partition coefficient (Wildman–Crippen LogP) is 11.8. The molecule has 0 saturated carbocycles. The summed E-state index contributed by atoms with van der Waals surface area (Å²) in [7, 11) is 0. The fourth-order valence-electron chi connectivity index (χ4n) is 7.02. The van der Waals surface area contributed by atoms with Crippen LogP contribution in [-0.2, 0) is 0 Å². The molecule has 0 aliphatic heterocycles. The molecule has 9 rings (SSSR count). The van der Waals surface area contributed by atoms with Crippen LogP contribution in [0.3, 0.4) is 0 Å². The molecule has 5 nitrogen and oxygen atoms in total. The minimum absolute atomic E-state index is 0.535. The second-order valence-corrected chi connectivity index (χ2v) is 13.4. The van der Waals surface area contributed by atoms with Crippen molar-refractivity contribution in [2.24, 2.45) is 0 Å². The van der Waals surface area contributed by atoms with Gasteiger partial charge in [0.25, 0.3) is 0 Å². The van der Waals surface area contributed by atoms with Gasteiger partial charge in [-0.05, 0) is 78.6 Å². The van der Waals surface area contributed by atoms with Crippen LogP contribution in [0.1, 0.15) is 16.7 Å². The Labute approximate surface area is 308 Å². The number of rotatable bonds is 6. The van der Waals surface area contributed by atoms with Crippen LogP contribution >= 0.6 is 0 Å². The molecule has 250 valence electrons. The lowest BCUT2D eigenvalue weighted by atomic mass is 9.99. The van der Waals surface area contributed by atoms with Crippen LogP contribution in [0.15, 0.2) is 164 Å². The smallest absolute Gasteiger partial charge is 0.164 e. The van der Waals surface area contributed by atoms with E-state index in [2.05, 4.69) is 109 Å². The summed E-state index contributed by atoms with van der Waals surface area (Å²) < 4.78 is 2.21. The van der Waals surface area contributed by atoms with Crippen molar-refractivity contribution >= 4 is 21.8 Å². The highest BCUT2D eigenvalue weighted by molar-refractivity contribution is 6.12. The van der Waals surface area contributed by atoms with Gasteiger partial charge in [0.05, 0.1) is 22.3 Å². The number of hydrogen-bond donors (Lipinski definition) is 0. The quantitative estimate of drug-likeness (QED) is 0.175. The maximum Gasteiger partial charge on any atom is 0.164 e. The number of fused-ring (bicyclic) bond motifs is 3. The van der Waals surface area contributed by atoms with E-state index in [0.717, 1.165) is 66.4 Å². The average Bonchev–Trinajstić information content (AvgIpc) is 3.54. The number of aromatic nitrogens is 4. The number of benzene rings is 7. The van der Waals surface area contributed by atoms with Crippen molar-refractivity contribution in [3.8, 4) is 68.2 Å². The van der Waals surface area contributed by atoms with E-state index in [1.165, 1.54) is 11.1 Å². The molecule has 0 radical (unpaired) electrons. The maximum atomic E-state index is 10.5. The fraction of sp³-hybridized carbons (Fsp3) is 0.0417. The summed E-state index contributed by atoms with van der Waals surface area (Å²) in [6.07, 6.45) is 0. The molecule has 9 aromatic rings. The van der Waals surface area contributed by atoms with E-state index in [4.69, 9.17) is 15.0 Å². The molecular weight excluding hydrogens is 647 g/mol. The standard InChI is InChI=1S/C48H33N5/c1-31-13-17-33(18-14-31)37-23-25-43-41(27-37)42-28-38(34-19-15-32(2)16-20-34)24-26-44(42)53(43)45-29-39(21-22-40(45)30-49)48-51-46(35-9-5-3-6-10-35)50-47(52-48)36-11-7-4-8-12-36/h3-29H,1-2H3. The largest absolute Gasteiger partial charge is 0.308 e. The summed E-state index contributed by atoms with van der Waals surface area (Å²) in [5.41, 5.74) is 13.0. The Morgan fingerprint density at radius 2 is 0.830 bits per heavy atom. The molecular formula is C48H33N5. The van der Waals surface area contributed by atoms with Gasteiger partial charge in [-0.15, -0.1) is 0 Å². The third-order valence-electron chi connectivity index (χ3n) is 9.85. The highest BCUT2D eigenvalue weighted by Gasteiger charge is 2.19. The number of nitrogens with zero attached hydrogens (tertiary/aromatic N) is 5. The topological polar surface area (TPSA) is 67.4 Å². The molecule has 53 heavy (non-hydrogen) atoms. The first-order valence-corrected chi connectivity index (χ1v) is 17.7. The Morgan fingerprint density at radius 1 is 0.415 bits per heavy atom. The van der Waals surface area contributed by atoms with Crippen LogP contribution in [-0.4, -0.2) is 19.5 Å². The molecule has 0 aliphatic carbocycles. The van der Waals surface area contributed by atoms with E-state index >= 15 is 0 Å². The van der Waals surface area contributed by atoms with Gasteiger partial charge in [0, 0.05) is 27.5 Å². The van der Waals surface area contributed by atoms with E-state index in [-0.39, 0.29) is 0 Å². The van der Waals surface area contributed by atoms with Crippen LogP contribution in [0, 0.1) is 25.2 Å². The number of aryl methyl sites for hydroxylation is 2. The van der Waals surface area contributed by atoms with Crippen molar-refractivity contribution in [1.82, 2.24) is 19.5 Å². The first-order valence-electron chi connectivity index (χ1n) is 17.7. The molecule has 5 heteroatoms. The van der Waals surface area contributed by atoms with E-state index in [1.807, 2.05) is 78.9 Å². The van der Waals surface area contributed by atoms with E-state index in [1.54, 1.807) is 0 Å². The Kier molecular flexibility index (Phi) is 7.91. The molecule has 0 fully saturated rings. The van der Waals surface area contributed by atoms with E-state index in [0.29, 0.717) is 23.0 Å². The summed E-state index contributed by atoms with van der Waals surface area (Å²) >= 11 is 0. The summed E-state index contributed by atoms with van der Waals surface area (Å²) in [5, 5.41) is 12.8. The minimum atomic E-state index is 0.535. The zero-order chi connectivity index (χ0) is 35.9. The molecule has 0 spiro atoms. The van der Waals surface area contributed by atoms with Crippen LogP contribution in [0.2, 0.25) is 0 Å². The summed E-state index contributed by atoms with van der Waals surface area (Å²) in [6, 6.07) is 58.8. The summed E-state index contributed by atoms with van der Waals surface area (Å²) in [5.74, 6) is 1.71. The molecule has 0 aliphatic rings. The van der Waals surface area contributed by atoms with Crippen LogP contribution < -0.4 is 0 Å². The Bertz CT molecular complexity index is 2670. The van der Waals surface area contributed by atoms with Gasteiger partial charge in [-0.1, -0.05) is 132 Å². The molecule has 2 aromatic heterocycles. The van der Waals surface area contributed by atoms with Gasteiger partial charge in [-0.3, -0.25) is 0 Å². The minimum Gasteiger partial charge on any atom is -0.308 e. The zero-order valence-electron chi connectivity index (χ0n) is 29.3. The first kappa shape index (κ1) is 31.8. The predicted molar refractivity (Wildman–Crippen MR) is 216 cm³/mol. The molecule has 0 N–H and O–H groups in total. The number of nitriles is 1. The first-order chi connectivity index (χ1) is 26.0. The summed E-state index contributed by atoms with van der Waals surface area (Å²) in [6.45, 7) is 4.21. The summed E-state index contributed by atoms with van der Waals surface area (Å²) in [4.78, 5) is 14.9. The second-order valence-electron chi connectivity index (χ2n) is 13.4. The SMILES string of the molecule is Cc1ccc(-c2ccc3c(c2)c2cc(-c4ccc(C)cc4)ccc2n3-c2cc(-c3nc(-c4ccccc4)nc(-c4ccccc4)n3)ccc2C#N)cc1. The van der Waals surface area contributed by atoms with Crippen molar-refractivity contribution in [1.29, 1.82) is 5.26 Å². The number of hydrogen-bond acceptors (Lipinski definition) is 4. The Morgan fingerprint density at radius 3 is 1.28 bits per heavy atom. The molecule has 7 aromatic carbocycles. The molecule has 0 atom stereocenters. The fourth-order valence-corrected chi connectivity index (χ4v) is 7.02. The van der Waals surface area contributed by atoms with Crippen molar-refractivity contribution in [3.05, 3.63) is 180 Å². The van der Waals surface area contributed by atoms with Gasteiger partial charge in [-0.25, -0.2) is 15.0 Å². The van der Waals surface area contributed by atoms with E-state index in [9.17, 15) is 5.26 Å². The molecule has 0 saturated heterocycles. The lowest BCUT2D eigenvalue weighted by Crippen LogP contribution is -2.02. The maximum absolute atomic E-state index is 10.5. The Balaban J connectivity index is 1.28.